The molecule has 8 nitrogen and oxygen atoms in total. The third-order valence-corrected chi connectivity index (χ3v) is 6.45. The Hall–Kier alpha value is -3.53. The summed E-state index contributed by atoms with van der Waals surface area (Å²) >= 11 is 0. The van der Waals surface area contributed by atoms with Gasteiger partial charge < -0.3 is 15.0 Å². The molecule has 1 unspecified atom stereocenters. The van der Waals surface area contributed by atoms with E-state index in [-0.39, 0.29) is 10.9 Å². The van der Waals surface area contributed by atoms with Crippen molar-refractivity contribution >= 4 is 26.8 Å². The molecule has 0 amide bonds. The largest absolute Gasteiger partial charge is 0.496 e. The van der Waals surface area contributed by atoms with Gasteiger partial charge in [0.1, 0.15) is 23.4 Å². The molecule has 2 aromatic carbocycles. The molecule has 2 N–H and O–H groups in total. The fraction of sp³-hybridized carbons (Fsp3) is 0.227. The maximum absolute atomic E-state index is 15.0. The van der Waals surface area contributed by atoms with E-state index in [9.17, 15) is 12.8 Å². The number of hydrogen-bond donors (Lipinski definition) is 2. The normalized spacial score (nSPS) is 12.7. The highest BCUT2D eigenvalue weighted by Crippen LogP contribution is 2.41. The van der Waals surface area contributed by atoms with Crippen molar-refractivity contribution in [1.29, 1.82) is 0 Å². The number of rotatable bonds is 6. The lowest BCUT2D eigenvalue weighted by molar-refractivity contribution is 0.407. The van der Waals surface area contributed by atoms with Gasteiger partial charge in [-0.25, -0.2) is 27.8 Å². The summed E-state index contributed by atoms with van der Waals surface area (Å²) in [5.74, 6) is 0.596. The van der Waals surface area contributed by atoms with Gasteiger partial charge in [-0.05, 0) is 43.2 Å². The first kappa shape index (κ1) is 21.7. The molecule has 2 heterocycles. The monoisotopic (exact) mass is 455 g/mol. The average Bonchev–Trinajstić information content (AvgIpc) is 3.24. The number of H-pyrrole nitrogens is 1. The van der Waals surface area contributed by atoms with Gasteiger partial charge in [0.15, 0.2) is 21.3 Å². The van der Waals surface area contributed by atoms with Crippen molar-refractivity contribution in [3.8, 4) is 16.9 Å². The molecule has 0 radical (unpaired) electrons. The standard InChI is InChI=1S/C22H22FN5O3S/c1-12-17(23)9-16(13(2)28-22-19-21(25-10-24-19)26-11-27-22)20(31-3)18(12)14-5-7-15(8-6-14)32(4,29)30/h5-11,13H,1-4H3,(H2,24,25,26,27,28). The molecule has 0 bridgehead atoms. The summed E-state index contributed by atoms with van der Waals surface area (Å²) in [6, 6.07) is 7.36. The van der Waals surface area contributed by atoms with Gasteiger partial charge >= 0.3 is 0 Å². The summed E-state index contributed by atoms with van der Waals surface area (Å²) in [5.41, 5.74) is 3.35. The number of nitrogens with one attached hydrogen (secondary N) is 2. The summed E-state index contributed by atoms with van der Waals surface area (Å²) in [5, 5.41) is 3.26. The van der Waals surface area contributed by atoms with E-state index in [0.717, 1.165) is 6.26 Å². The molecule has 2 aromatic heterocycles. The second kappa shape index (κ2) is 8.19. The molecule has 1 atom stereocenters. The lowest BCUT2D eigenvalue weighted by Gasteiger charge is -2.22. The zero-order valence-electron chi connectivity index (χ0n) is 18.0. The Balaban J connectivity index is 1.80. The van der Waals surface area contributed by atoms with E-state index >= 15 is 0 Å². The Kier molecular flexibility index (Phi) is 5.55. The van der Waals surface area contributed by atoms with Crippen LogP contribution >= 0.6 is 0 Å². The topological polar surface area (TPSA) is 110 Å². The number of nitrogens with zero attached hydrogens (tertiary/aromatic N) is 3. The third-order valence-electron chi connectivity index (χ3n) is 5.32. The summed E-state index contributed by atoms with van der Waals surface area (Å²) in [4.78, 5) is 15.7. The van der Waals surface area contributed by atoms with Crippen molar-refractivity contribution in [2.45, 2.75) is 24.8 Å². The summed E-state index contributed by atoms with van der Waals surface area (Å²) in [7, 11) is -1.82. The van der Waals surface area contributed by atoms with Crippen molar-refractivity contribution in [2.24, 2.45) is 0 Å². The molecule has 0 spiro atoms. The second-order valence-corrected chi connectivity index (χ2v) is 9.48. The molecule has 0 aliphatic carbocycles. The Morgan fingerprint density at radius 2 is 1.88 bits per heavy atom. The number of halogens is 1. The van der Waals surface area contributed by atoms with Crippen molar-refractivity contribution in [2.75, 3.05) is 18.7 Å². The minimum absolute atomic E-state index is 0.191. The molecule has 0 aliphatic rings. The molecule has 166 valence electrons. The van der Waals surface area contributed by atoms with E-state index in [1.165, 1.54) is 38.0 Å². The van der Waals surface area contributed by atoms with Crippen molar-refractivity contribution in [3.05, 3.63) is 59.9 Å². The zero-order chi connectivity index (χ0) is 23.0. The number of sulfone groups is 1. The molecule has 0 fully saturated rings. The number of imidazole rings is 1. The molecule has 10 heteroatoms. The zero-order valence-corrected chi connectivity index (χ0v) is 18.8. The summed E-state index contributed by atoms with van der Waals surface area (Å²) in [6.45, 7) is 3.53. The molecular formula is C22H22FN5O3S. The predicted octanol–water partition coefficient (Wildman–Crippen LogP) is 4.05. The van der Waals surface area contributed by atoms with Gasteiger partial charge in [-0.15, -0.1) is 0 Å². The van der Waals surface area contributed by atoms with Crippen LogP contribution in [0.3, 0.4) is 0 Å². The second-order valence-electron chi connectivity index (χ2n) is 7.47. The summed E-state index contributed by atoms with van der Waals surface area (Å²) in [6.07, 6.45) is 4.09. The van der Waals surface area contributed by atoms with Gasteiger partial charge in [0, 0.05) is 17.4 Å². The number of ether oxygens (including phenoxy) is 1. The lowest BCUT2D eigenvalue weighted by atomic mass is 9.93. The molecule has 0 aliphatic heterocycles. The number of aromatic nitrogens is 4. The number of anilines is 1. The Labute approximate surface area is 184 Å². The van der Waals surface area contributed by atoms with Gasteiger partial charge in [-0.2, -0.15) is 0 Å². The fourth-order valence-electron chi connectivity index (χ4n) is 3.66. The van der Waals surface area contributed by atoms with Crippen LogP contribution in [0.25, 0.3) is 22.3 Å². The van der Waals surface area contributed by atoms with Crippen LogP contribution in [0.5, 0.6) is 5.75 Å². The van der Waals surface area contributed by atoms with Crippen LogP contribution in [0.2, 0.25) is 0 Å². The first-order chi connectivity index (χ1) is 15.2. The maximum atomic E-state index is 15.0. The molecule has 0 saturated heterocycles. The molecule has 32 heavy (non-hydrogen) atoms. The maximum Gasteiger partial charge on any atom is 0.175 e. The summed E-state index contributed by atoms with van der Waals surface area (Å²) < 4.78 is 44.3. The first-order valence-corrected chi connectivity index (χ1v) is 11.7. The number of fused-ring (bicyclic) bond motifs is 1. The minimum atomic E-state index is -3.34. The Morgan fingerprint density at radius 1 is 1.16 bits per heavy atom. The van der Waals surface area contributed by atoms with Crippen molar-refractivity contribution in [1.82, 2.24) is 19.9 Å². The lowest BCUT2D eigenvalue weighted by Crippen LogP contribution is -2.12. The number of methoxy groups -OCH3 is 1. The van der Waals surface area contributed by atoms with Gasteiger partial charge in [0.25, 0.3) is 0 Å². The molecule has 4 aromatic rings. The van der Waals surface area contributed by atoms with Crippen LogP contribution in [-0.2, 0) is 9.84 Å². The van der Waals surface area contributed by atoms with E-state index in [0.29, 0.717) is 45.0 Å². The Morgan fingerprint density at radius 3 is 2.53 bits per heavy atom. The van der Waals surface area contributed by atoms with Crippen LogP contribution in [0.1, 0.15) is 24.1 Å². The third kappa shape index (κ3) is 3.89. The molecule has 0 saturated carbocycles. The fourth-order valence-corrected chi connectivity index (χ4v) is 4.29. The highest BCUT2D eigenvalue weighted by atomic mass is 32.2. The van der Waals surface area contributed by atoms with E-state index in [1.54, 1.807) is 19.1 Å². The number of benzene rings is 2. The quantitative estimate of drug-likeness (QED) is 0.451. The smallest absolute Gasteiger partial charge is 0.175 e. The van der Waals surface area contributed by atoms with Crippen LogP contribution in [-0.4, -0.2) is 41.7 Å². The van der Waals surface area contributed by atoms with Gasteiger partial charge in [-0.3, -0.25) is 0 Å². The minimum Gasteiger partial charge on any atom is -0.496 e. The van der Waals surface area contributed by atoms with Crippen LogP contribution in [0.4, 0.5) is 10.2 Å². The van der Waals surface area contributed by atoms with E-state index < -0.39 is 15.7 Å². The predicted molar refractivity (Wildman–Crippen MR) is 120 cm³/mol. The van der Waals surface area contributed by atoms with E-state index in [1.807, 2.05) is 6.92 Å². The van der Waals surface area contributed by atoms with E-state index in [2.05, 4.69) is 25.3 Å². The highest BCUT2D eigenvalue weighted by molar-refractivity contribution is 7.90. The van der Waals surface area contributed by atoms with Crippen LogP contribution < -0.4 is 10.1 Å². The van der Waals surface area contributed by atoms with Crippen LogP contribution in [0, 0.1) is 12.7 Å². The van der Waals surface area contributed by atoms with E-state index in [4.69, 9.17) is 4.74 Å². The van der Waals surface area contributed by atoms with Gasteiger partial charge in [-0.1, -0.05) is 12.1 Å². The van der Waals surface area contributed by atoms with Crippen molar-refractivity contribution < 1.29 is 17.5 Å². The average molecular weight is 456 g/mol. The van der Waals surface area contributed by atoms with Crippen LogP contribution in [0.15, 0.2) is 47.9 Å². The molecule has 4 rings (SSSR count). The number of hydrogen-bond acceptors (Lipinski definition) is 7. The SMILES string of the molecule is COc1c(C(C)Nc2ncnc3[nH]cnc23)cc(F)c(C)c1-c1ccc(S(C)(=O)=O)cc1. The Bertz CT molecular complexity index is 1400. The first-order valence-electron chi connectivity index (χ1n) is 9.78. The number of aromatic amines is 1. The van der Waals surface area contributed by atoms with Gasteiger partial charge in [0.05, 0.1) is 24.4 Å². The van der Waals surface area contributed by atoms with Crippen molar-refractivity contribution in [3.63, 3.8) is 0 Å². The van der Waals surface area contributed by atoms with Gasteiger partial charge in [0.2, 0.25) is 0 Å². The highest BCUT2D eigenvalue weighted by Gasteiger charge is 2.23. The molecular weight excluding hydrogens is 433 g/mol.